The highest BCUT2D eigenvalue weighted by atomic mass is 16.5. The second-order valence-electron chi connectivity index (χ2n) is 6.97. The fraction of sp³-hybridized carbons (Fsp3) is 0.261. The molecule has 4 aromatic rings. The van der Waals surface area contributed by atoms with Crippen LogP contribution in [0.25, 0.3) is 21.8 Å². The number of ether oxygens (including phenoxy) is 4. The number of hydrogen-bond donors (Lipinski definition) is 2. The maximum absolute atomic E-state index is 9.70. The third-order valence-corrected chi connectivity index (χ3v) is 4.80. The maximum Gasteiger partial charge on any atom is 0.163 e. The number of H-pyrrole nitrogens is 1. The Morgan fingerprint density at radius 3 is 2.41 bits per heavy atom. The number of methoxy groups -OCH3 is 2. The zero-order valence-electron chi connectivity index (χ0n) is 17.8. The van der Waals surface area contributed by atoms with E-state index in [1.165, 1.54) is 0 Å². The van der Waals surface area contributed by atoms with Crippen LogP contribution >= 0.6 is 0 Å². The van der Waals surface area contributed by atoms with Gasteiger partial charge in [0.25, 0.3) is 0 Å². The highest BCUT2D eigenvalue weighted by molar-refractivity contribution is 5.88. The molecule has 0 fully saturated rings. The first kappa shape index (κ1) is 21.4. The molecule has 2 aromatic heterocycles. The van der Waals surface area contributed by atoms with Crippen LogP contribution in [0, 0.1) is 11.3 Å². The fourth-order valence-corrected chi connectivity index (χ4v) is 3.21. The van der Waals surface area contributed by atoms with Crippen LogP contribution in [0.3, 0.4) is 0 Å². The van der Waals surface area contributed by atoms with Crippen molar-refractivity contribution in [1.29, 1.82) is 5.26 Å². The molecule has 0 radical (unpaired) electrons. The monoisotopic (exact) mass is 433 g/mol. The lowest BCUT2D eigenvalue weighted by Gasteiger charge is -2.15. The summed E-state index contributed by atoms with van der Waals surface area (Å²) in [6, 6.07) is 13.4. The van der Waals surface area contributed by atoms with Gasteiger partial charge in [-0.05, 0) is 30.3 Å². The smallest absolute Gasteiger partial charge is 0.163 e. The second kappa shape index (κ2) is 9.96. The summed E-state index contributed by atoms with van der Waals surface area (Å²) >= 11 is 0. The average molecular weight is 433 g/mol. The Morgan fingerprint density at radius 2 is 1.69 bits per heavy atom. The molecule has 0 aliphatic rings. The van der Waals surface area contributed by atoms with Gasteiger partial charge in [0.2, 0.25) is 0 Å². The van der Waals surface area contributed by atoms with Crippen molar-refractivity contribution in [3.8, 4) is 17.6 Å². The normalized spacial score (nSPS) is 10.9. The molecule has 2 aromatic carbocycles. The van der Waals surface area contributed by atoms with Crippen molar-refractivity contribution in [1.82, 2.24) is 15.2 Å². The van der Waals surface area contributed by atoms with Gasteiger partial charge in [-0.1, -0.05) is 0 Å². The van der Waals surface area contributed by atoms with Gasteiger partial charge in [0.15, 0.2) is 11.5 Å². The SMILES string of the molecule is COCCOc1cc2cc(C#N)c(Nc3ccc4cn[nH]c4c3)nc2cc1OCCOC. The summed E-state index contributed by atoms with van der Waals surface area (Å²) in [7, 11) is 3.23. The van der Waals surface area contributed by atoms with Gasteiger partial charge in [-0.2, -0.15) is 10.4 Å². The highest BCUT2D eigenvalue weighted by Crippen LogP contribution is 2.34. The lowest BCUT2D eigenvalue weighted by atomic mass is 10.1. The summed E-state index contributed by atoms with van der Waals surface area (Å²) in [6.07, 6.45) is 1.76. The first-order valence-corrected chi connectivity index (χ1v) is 10.0. The summed E-state index contributed by atoms with van der Waals surface area (Å²) in [5.41, 5.74) is 2.76. The van der Waals surface area contributed by atoms with Crippen LogP contribution in [0.15, 0.2) is 42.6 Å². The Bertz CT molecular complexity index is 1260. The Kier molecular flexibility index (Phi) is 6.65. The molecule has 2 N–H and O–H groups in total. The zero-order chi connectivity index (χ0) is 22.3. The predicted octanol–water partition coefficient (Wildman–Crippen LogP) is 3.78. The maximum atomic E-state index is 9.70. The minimum atomic E-state index is 0.369. The van der Waals surface area contributed by atoms with E-state index in [1.54, 1.807) is 32.5 Å². The van der Waals surface area contributed by atoms with E-state index in [4.69, 9.17) is 18.9 Å². The van der Waals surface area contributed by atoms with Crippen molar-refractivity contribution in [2.45, 2.75) is 0 Å². The van der Waals surface area contributed by atoms with Crippen molar-refractivity contribution >= 4 is 33.3 Å². The number of benzene rings is 2. The van der Waals surface area contributed by atoms with Gasteiger partial charge in [0.05, 0.1) is 36.0 Å². The molecule has 0 amide bonds. The number of nitrogens with one attached hydrogen (secondary N) is 2. The summed E-state index contributed by atoms with van der Waals surface area (Å²) in [4.78, 5) is 4.68. The van der Waals surface area contributed by atoms with Crippen molar-refractivity contribution in [3.63, 3.8) is 0 Å². The summed E-state index contributed by atoms with van der Waals surface area (Å²) < 4.78 is 21.8. The van der Waals surface area contributed by atoms with Gasteiger partial charge in [0, 0.05) is 36.7 Å². The van der Waals surface area contributed by atoms with E-state index < -0.39 is 0 Å². The Morgan fingerprint density at radius 1 is 0.938 bits per heavy atom. The average Bonchev–Trinajstić information content (AvgIpc) is 3.27. The van der Waals surface area contributed by atoms with E-state index in [9.17, 15) is 5.26 Å². The molecule has 164 valence electrons. The van der Waals surface area contributed by atoms with E-state index in [2.05, 4.69) is 26.6 Å². The molecule has 0 bridgehead atoms. The molecule has 0 spiro atoms. The van der Waals surface area contributed by atoms with Crippen LogP contribution in [0.2, 0.25) is 0 Å². The number of nitriles is 1. The van der Waals surface area contributed by atoms with Gasteiger partial charge >= 0.3 is 0 Å². The van der Waals surface area contributed by atoms with E-state index >= 15 is 0 Å². The molecule has 0 saturated carbocycles. The first-order chi connectivity index (χ1) is 15.7. The highest BCUT2D eigenvalue weighted by Gasteiger charge is 2.13. The molecule has 0 aliphatic heterocycles. The van der Waals surface area contributed by atoms with Crippen LogP contribution in [-0.4, -0.2) is 55.8 Å². The van der Waals surface area contributed by atoms with E-state index in [0.29, 0.717) is 54.8 Å². The van der Waals surface area contributed by atoms with Crippen LogP contribution in [0.4, 0.5) is 11.5 Å². The first-order valence-electron chi connectivity index (χ1n) is 10.0. The minimum Gasteiger partial charge on any atom is -0.487 e. The molecule has 0 atom stereocenters. The standard InChI is InChI=1S/C23H23N5O4/c1-29-5-7-31-21-10-16-9-17(13-24)23(27-19(16)12-22(21)32-8-6-30-2)26-18-4-3-15-14-25-28-20(15)11-18/h3-4,9-12,14H,5-8H2,1-2H3,(H,25,28)(H,26,27). The quantitative estimate of drug-likeness (QED) is 0.363. The number of rotatable bonds is 10. The van der Waals surface area contributed by atoms with Crippen molar-refractivity contribution in [2.75, 3.05) is 46.0 Å². The Labute approximate surface area is 184 Å². The van der Waals surface area contributed by atoms with Crippen molar-refractivity contribution in [2.24, 2.45) is 0 Å². The number of aromatic amines is 1. The Balaban J connectivity index is 1.70. The summed E-state index contributed by atoms with van der Waals surface area (Å²) in [5.74, 6) is 1.56. The van der Waals surface area contributed by atoms with Gasteiger partial charge in [0.1, 0.15) is 25.1 Å². The van der Waals surface area contributed by atoms with Crippen LogP contribution < -0.4 is 14.8 Å². The van der Waals surface area contributed by atoms with Crippen LogP contribution in [0.1, 0.15) is 5.56 Å². The molecule has 4 rings (SSSR count). The van der Waals surface area contributed by atoms with Crippen molar-refractivity contribution in [3.05, 3.63) is 48.2 Å². The molecule has 2 heterocycles. The number of pyridine rings is 1. The topological polar surface area (TPSA) is 114 Å². The molecular weight excluding hydrogens is 410 g/mol. The lowest BCUT2D eigenvalue weighted by Crippen LogP contribution is -2.09. The van der Waals surface area contributed by atoms with Crippen molar-refractivity contribution < 1.29 is 18.9 Å². The van der Waals surface area contributed by atoms with Gasteiger partial charge in [-0.3, -0.25) is 5.10 Å². The molecular formula is C23H23N5O4. The molecule has 0 saturated heterocycles. The molecule has 32 heavy (non-hydrogen) atoms. The minimum absolute atomic E-state index is 0.369. The second-order valence-corrected chi connectivity index (χ2v) is 6.97. The molecule has 0 aliphatic carbocycles. The lowest BCUT2D eigenvalue weighted by molar-refractivity contribution is 0.132. The summed E-state index contributed by atoms with van der Waals surface area (Å²) in [5, 5.41) is 21.7. The van der Waals surface area contributed by atoms with E-state index in [-0.39, 0.29) is 0 Å². The molecule has 9 heteroatoms. The van der Waals surface area contributed by atoms with Crippen LogP contribution in [-0.2, 0) is 9.47 Å². The van der Waals surface area contributed by atoms with Gasteiger partial charge in [-0.15, -0.1) is 0 Å². The third-order valence-electron chi connectivity index (χ3n) is 4.80. The Hall–Kier alpha value is -3.87. The number of fused-ring (bicyclic) bond motifs is 2. The number of hydrogen-bond acceptors (Lipinski definition) is 8. The largest absolute Gasteiger partial charge is 0.487 e. The molecule has 9 nitrogen and oxygen atoms in total. The van der Waals surface area contributed by atoms with E-state index in [0.717, 1.165) is 22.0 Å². The van der Waals surface area contributed by atoms with Crippen LogP contribution in [0.5, 0.6) is 11.5 Å². The van der Waals surface area contributed by atoms with Gasteiger partial charge in [-0.25, -0.2) is 4.98 Å². The predicted molar refractivity (Wildman–Crippen MR) is 121 cm³/mol. The zero-order valence-corrected chi connectivity index (χ0v) is 17.8. The van der Waals surface area contributed by atoms with Gasteiger partial charge < -0.3 is 24.3 Å². The summed E-state index contributed by atoms with van der Waals surface area (Å²) in [6.45, 7) is 1.63. The molecule has 0 unspecified atom stereocenters. The number of anilines is 2. The third kappa shape index (κ3) is 4.72. The number of nitrogens with zero attached hydrogens (tertiary/aromatic N) is 3. The fourth-order valence-electron chi connectivity index (χ4n) is 3.21. The number of aromatic nitrogens is 3. The van der Waals surface area contributed by atoms with E-state index in [1.807, 2.05) is 24.3 Å².